The molecule has 1 aliphatic rings. The second-order valence-corrected chi connectivity index (χ2v) is 9.28. The molecule has 1 fully saturated rings. The van der Waals surface area contributed by atoms with Crippen LogP contribution in [0, 0.1) is 0 Å². The highest BCUT2D eigenvalue weighted by Gasteiger charge is 2.43. The second-order valence-electron chi connectivity index (χ2n) is 7.30. The van der Waals surface area contributed by atoms with Gasteiger partial charge in [0.1, 0.15) is 11.9 Å². The van der Waals surface area contributed by atoms with Crippen molar-refractivity contribution in [3.8, 4) is 11.5 Å². The zero-order valence-electron chi connectivity index (χ0n) is 18.1. The minimum atomic E-state index is -3.60. The van der Waals surface area contributed by atoms with Gasteiger partial charge in [-0.05, 0) is 29.7 Å². The summed E-state index contributed by atoms with van der Waals surface area (Å²) in [5.41, 5.74) is 1.80. The lowest BCUT2D eigenvalue weighted by Gasteiger charge is -2.24. The van der Waals surface area contributed by atoms with Gasteiger partial charge in [-0.15, -0.1) is 0 Å². The lowest BCUT2D eigenvalue weighted by molar-refractivity contribution is -0.110. The maximum absolute atomic E-state index is 12.9. The maximum Gasteiger partial charge on any atom is 0.218 e. The van der Waals surface area contributed by atoms with E-state index >= 15 is 0 Å². The first-order valence-electron chi connectivity index (χ1n) is 10.1. The van der Waals surface area contributed by atoms with Gasteiger partial charge in [-0.1, -0.05) is 36.4 Å². The Morgan fingerprint density at radius 1 is 1.13 bits per heavy atom. The van der Waals surface area contributed by atoms with E-state index in [1.165, 1.54) is 0 Å². The van der Waals surface area contributed by atoms with Crippen LogP contribution in [0.2, 0.25) is 0 Å². The number of hydrogen-bond donors (Lipinski definition) is 1. The summed E-state index contributed by atoms with van der Waals surface area (Å²) in [5.74, 6) is 1.13. The normalized spacial score (nSPS) is 19.5. The van der Waals surface area contributed by atoms with Crippen molar-refractivity contribution < 1.29 is 27.5 Å². The van der Waals surface area contributed by atoms with Crippen molar-refractivity contribution in [2.45, 2.75) is 24.3 Å². The van der Waals surface area contributed by atoms with E-state index < -0.39 is 21.3 Å². The second kappa shape index (κ2) is 10.9. The number of ether oxygens (including phenoxy) is 3. The molecular formula is C22H30N2O6S. The first-order valence-corrected chi connectivity index (χ1v) is 11.7. The quantitative estimate of drug-likeness (QED) is 0.527. The van der Waals surface area contributed by atoms with Gasteiger partial charge in [0.2, 0.25) is 10.0 Å². The molecule has 0 amide bonds. The van der Waals surface area contributed by atoms with Crippen molar-refractivity contribution in [2.75, 3.05) is 41.0 Å². The van der Waals surface area contributed by atoms with Crippen molar-refractivity contribution >= 4 is 10.0 Å². The largest absolute Gasteiger partial charge is 0.493 e. The molecule has 0 unspecified atom stereocenters. The molecule has 1 saturated heterocycles. The zero-order chi connectivity index (χ0) is 22.3. The van der Waals surface area contributed by atoms with E-state index in [1.807, 2.05) is 42.5 Å². The predicted octanol–water partition coefficient (Wildman–Crippen LogP) is 2.52. The highest BCUT2D eigenvalue weighted by molar-refractivity contribution is 7.90. The third-order valence-electron chi connectivity index (χ3n) is 5.18. The Morgan fingerprint density at radius 2 is 1.90 bits per heavy atom. The van der Waals surface area contributed by atoms with Crippen LogP contribution in [-0.2, 0) is 26.2 Å². The molecule has 1 aliphatic heterocycles. The van der Waals surface area contributed by atoms with E-state index in [-0.39, 0.29) is 6.61 Å². The smallest absolute Gasteiger partial charge is 0.218 e. The van der Waals surface area contributed by atoms with Gasteiger partial charge in [-0.3, -0.25) is 4.84 Å². The van der Waals surface area contributed by atoms with Crippen molar-refractivity contribution in [1.29, 1.82) is 0 Å². The Labute approximate surface area is 184 Å². The molecule has 3 rings (SSSR count). The van der Waals surface area contributed by atoms with Gasteiger partial charge in [0.25, 0.3) is 0 Å². The van der Waals surface area contributed by atoms with Gasteiger partial charge in [0, 0.05) is 27.3 Å². The number of hydrogen-bond acceptors (Lipinski definition) is 7. The molecule has 2 aromatic carbocycles. The molecule has 0 saturated carbocycles. The van der Waals surface area contributed by atoms with Gasteiger partial charge in [-0.25, -0.2) is 13.1 Å². The molecule has 31 heavy (non-hydrogen) atoms. The highest BCUT2D eigenvalue weighted by atomic mass is 32.2. The molecule has 0 aromatic heterocycles. The Balaban J connectivity index is 1.80. The molecule has 0 radical (unpaired) electrons. The van der Waals surface area contributed by atoms with Gasteiger partial charge >= 0.3 is 0 Å². The van der Waals surface area contributed by atoms with Crippen LogP contribution in [0.4, 0.5) is 0 Å². The summed E-state index contributed by atoms with van der Waals surface area (Å²) in [5, 5.41) is 0.831. The van der Waals surface area contributed by atoms with Gasteiger partial charge in [0.15, 0.2) is 11.5 Å². The lowest BCUT2D eigenvalue weighted by atomic mass is 10.0. The fourth-order valence-electron chi connectivity index (χ4n) is 3.54. The number of rotatable bonds is 11. The van der Waals surface area contributed by atoms with E-state index in [0.717, 1.165) is 11.1 Å². The molecule has 0 bridgehead atoms. The van der Waals surface area contributed by atoms with Crippen LogP contribution in [0.5, 0.6) is 11.5 Å². The molecule has 1 heterocycles. The summed E-state index contributed by atoms with van der Waals surface area (Å²) >= 11 is 0. The molecule has 0 spiro atoms. The summed E-state index contributed by atoms with van der Waals surface area (Å²) in [4.78, 5) is 5.59. The molecule has 9 heteroatoms. The summed E-state index contributed by atoms with van der Waals surface area (Å²) in [6.45, 7) is 1.26. The average Bonchev–Trinajstić information content (AvgIpc) is 3.18. The van der Waals surface area contributed by atoms with Crippen molar-refractivity contribution in [3.05, 3.63) is 59.7 Å². The van der Waals surface area contributed by atoms with Crippen LogP contribution in [-0.4, -0.2) is 59.8 Å². The van der Waals surface area contributed by atoms with E-state index in [0.29, 0.717) is 37.7 Å². The molecule has 170 valence electrons. The minimum Gasteiger partial charge on any atom is -0.493 e. The SMILES string of the molecule is COCCCNS(=O)(=O)[C@H]1CON(C)[C@@H]1c1ccc(OC)c(OCc2ccccc2)c1. The molecular weight excluding hydrogens is 420 g/mol. The van der Waals surface area contributed by atoms with E-state index in [1.54, 1.807) is 32.4 Å². The number of hydroxylamine groups is 2. The fourth-order valence-corrected chi connectivity index (χ4v) is 5.09. The van der Waals surface area contributed by atoms with E-state index in [4.69, 9.17) is 19.0 Å². The maximum atomic E-state index is 12.9. The Morgan fingerprint density at radius 3 is 2.61 bits per heavy atom. The van der Waals surface area contributed by atoms with Crippen LogP contribution in [0.3, 0.4) is 0 Å². The summed E-state index contributed by atoms with van der Waals surface area (Å²) < 4.78 is 44.9. The first kappa shape index (κ1) is 23.5. The molecule has 0 aliphatic carbocycles. The summed E-state index contributed by atoms with van der Waals surface area (Å²) in [6.07, 6.45) is 0.601. The number of methoxy groups -OCH3 is 2. The van der Waals surface area contributed by atoms with Crippen LogP contribution in [0.15, 0.2) is 48.5 Å². The number of nitrogens with one attached hydrogen (secondary N) is 1. The third-order valence-corrected chi connectivity index (χ3v) is 6.98. The van der Waals surface area contributed by atoms with E-state index in [2.05, 4.69) is 4.72 Å². The molecule has 2 atom stereocenters. The monoisotopic (exact) mass is 450 g/mol. The molecule has 1 N–H and O–H groups in total. The van der Waals surface area contributed by atoms with Gasteiger partial charge in [-0.2, -0.15) is 5.06 Å². The summed E-state index contributed by atoms with van der Waals surface area (Å²) in [7, 11) is 1.30. The van der Waals surface area contributed by atoms with Gasteiger partial charge in [0.05, 0.1) is 19.8 Å². The van der Waals surface area contributed by atoms with Crippen molar-refractivity contribution in [2.24, 2.45) is 0 Å². The number of nitrogens with zero attached hydrogens (tertiary/aromatic N) is 1. The third kappa shape index (κ3) is 5.96. The Bertz CT molecular complexity index is 938. The Kier molecular flexibility index (Phi) is 8.28. The standard InChI is InChI=1S/C22H30N2O6S/c1-24-22(21(16-30-24)31(25,26)23-12-7-13-27-2)18-10-11-19(28-3)20(14-18)29-15-17-8-5-4-6-9-17/h4-6,8-11,14,21-23H,7,12-13,15-16H2,1-3H3/t21-,22+/m0/s1. The first-order chi connectivity index (χ1) is 15.0. The highest BCUT2D eigenvalue weighted by Crippen LogP contribution is 2.38. The molecule has 8 nitrogen and oxygen atoms in total. The van der Waals surface area contributed by atoms with Crippen molar-refractivity contribution in [1.82, 2.24) is 9.79 Å². The van der Waals surface area contributed by atoms with Crippen molar-refractivity contribution in [3.63, 3.8) is 0 Å². The minimum absolute atomic E-state index is 0.0764. The van der Waals surface area contributed by atoms with Crippen LogP contribution in [0.25, 0.3) is 0 Å². The zero-order valence-corrected chi connectivity index (χ0v) is 18.9. The van der Waals surface area contributed by atoms with E-state index in [9.17, 15) is 8.42 Å². The Hall–Kier alpha value is -2.17. The topological polar surface area (TPSA) is 86.3 Å². The number of sulfonamides is 1. The predicted molar refractivity (Wildman–Crippen MR) is 117 cm³/mol. The van der Waals surface area contributed by atoms with Gasteiger partial charge < -0.3 is 14.2 Å². The van der Waals surface area contributed by atoms with Crippen LogP contribution < -0.4 is 14.2 Å². The summed E-state index contributed by atoms with van der Waals surface area (Å²) in [6, 6.07) is 14.8. The fraction of sp³-hybridized carbons (Fsp3) is 0.455. The lowest BCUT2D eigenvalue weighted by Crippen LogP contribution is -2.39. The molecule has 2 aromatic rings. The van der Waals surface area contributed by atoms with Crippen LogP contribution in [0.1, 0.15) is 23.6 Å². The van der Waals surface area contributed by atoms with Crippen LogP contribution >= 0.6 is 0 Å². The average molecular weight is 451 g/mol. The number of benzene rings is 2.